The van der Waals surface area contributed by atoms with Gasteiger partial charge in [-0.15, -0.1) is 0 Å². The lowest BCUT2D eigenvalue weighted by atomic mass is 9.59. The van der Waals surface area contributed by atoms with E-state index in [1.54, 1.807) is 0 Å². The van der Waals surface area contributed by atoms with Crippen LogP contribution in [0.3, 0.4) is 0 Å². The van der Waals surface area contributed by atoms with Crippen LogP contribution in [0.5, 0.6) is 0 Å². The van der Waals surface area contributed by atoms with E-state index >= 15 is 0 Å². The van der Waals surface area contributed by atoms with E-state index in [1.807, 2.05) is 6.07 Å². The van der Waals surface area contributed by atoms with Crippen LogP contribution in [0.2, 0.25) is 0 Å². The van der Waals surface area contributed by atoms with E-state index in [-0.39, 0.29) is 0 Å². The Balaban J connectivity index is 1.06. The summed E-state index contributed by atoms with van der Waals surface area (Å²) in [7, 11) is 0. The standard InChI is InChI=1S/C66H43NO/c1-4-21-45(22-5-1)65(46-23-6-2-7-24-46)58-33-13-10-29-52(58)54-39-37-50(42-61(54)65)67(51-38-40-56-55-31-12-15-36-62(55)68-63(56)43-51)49-28-18-27-48(41-49)66(47-25-8-3-9-26-47)59-34-14-11-30-53(59)57-32-16-19-44-20-17-35-60(66)64(44)57/h1-43H/t66-/m1/s1. The third-order valence-electron chi connectivity index (χ3n) is 15.0. The van der Waals surface area contributed by atoms with Gasteiger partial charge in [0.15, 0.2) is 0 Å². The molecule has 0 saturated heterocycles. The van der Waals surface area contributed by atoms with Gasteiger partial charge < -0.3 is 9.32 Å². The van der Waals surface area contributed by atoms with Crippen LogP contribution < -0.4 is 4.90 Å². The van der Waals surface area contributed by atoms with E-state index in [4.69, 9.17) is 4.42 Å². The van der Waals surface area contributed by atoms with Crippen LogP contribution in [0, 0.1) is 0 Å². The number of anilines is 3. The van der Waals surface area contributed by atoms with Gasteiger partial charge in [0.2, 0.25) is 0 Å². The zero-order valence-corrected chi connectivity index (χ0v) is 37.2. The lowest BCUT2D eigenvalue weighted by Crippen LogP contribution is -2.34. The number of rotatable bonds is 7. The first-order valence-corrected chi connectivity index (χ1v) is 23.6. The van der Waals surface area contributed by atoms with Crippen molar-refractivity contribution in [1.29, 1.82) is 0 Å². The largest absolute Gasteiger partial charge is 0.456 e. The van der Waals surface area contributed by atoms with Crippen molar-refractivity contribution in [3.63, 3.8) is 0 Å². The second-order valence-electron chi connectivity index (χ2n) is 18.3. The molecule has 11 aromatic carbocycles. The Morgan fingerprint density at radius 3 is 1.46 bits per heavy atom. The SMILES string of the molecule is c1ccc(C2(c3ccccc3)c3ccccc3-c3ccc(N(c4cccc([C@]5(c6ccccc6)c6ccccc6-c6cccc7cccc5c67)c4)c4ccc5c(c4)oc4ccccc45)cc32)cc1. The van der Waals surface area contributed by atoms with Crippen LogP contribution in [-0.4, -0.2) is 0 Å². The van der Waals surface area contributed by atoms with E-state index in [9.17, 15) is 0 Å². The average molecular weight is 866 g/mol. The molecule has 14 rings (SSSR count). The van der Waals surface area contributed by atoms with E-state index in [1.165, 1.54) is 77.5 Å². The van der Waals surface area contributed by atoms with Gasteiger partial charge in [0.05, 0.1) is 10.8 Å². The first-order valence-electron chi connectivity index (χ1n) is 23.6. The molecule has 12 aromatic rings. The second kappa shape index (κ2) is 14.9. The normalized spacial score (nSPS) is 15.2. The topological polar surface area (TPSA) is 16.4 Å². The van der Waals surface area contributed by atoms with Crippen LogP contribution in [0.15, 0.2) is 265 Å². The average Bonchev–Trinajstić information content (AvgIpc) is 3.93. The molecule has 1 atom stereocenters. The van der Waals surface area contributed by atoms with Gasteiger partial charge in [-0.25, -0.2) is 0 Å². The number of hydrogen-bond acceptors (Lipinski definition) is 2. The summed E-state index contributed by atoms with van der Waals surface area (Å²) in [5.74, 6) is 0. The molecule has 1 aromatic heterocycles. The van der Waals surface area contributed by atoms with Gasteiger partial charge in [-0.05, 0) is 120 Å². The van der Waals surface area contributed by atoms with Crippen molar-refractivity contribution in [1.82, 2.24) is 0 Å². The molecule has 2 heteroatoms. The van der Waals surface area contributed by atoms with Gasteiger partial charge in [0.1, 0.15) is 11.2 Å². The maximum absolute atomic E-state index is 6.65. The molecule has 0 unspecified atom stereocenters. The summed E-state index contributed by atoms with van der Waals surface area (Å²) in [5.41, 5.74) is 18.7. The molecule has 1 heterocycles. The number of furan rings is 1. The molecule has 2 aliphatic rings. The summed E-state index contributed by atoms with van der Waals surface area (Å²) in [6.45, 7) is 0. The van der Waals surface area contributed by atoms with E-state index in [0.29, 0.717) is 0 Å². The van der Waals surface area contributed by atoms with Gasteiger partial charge in [0, 0.05) is 33.9 Å². The highest BCUT2D eigenvalue weighted by Crippen LogP contribution is 2.59. The summed E-state index contributed by atoms with van der Waals surface area (Å²) in [6, 6.07) is 96.4. The fourth-order valence-electron chi connectivity index (χ4n) is 12.3. The molecule has 0 N–H and O–H groups in total. The fraction of sp³-hybridized carbons (Fsp3) is 0.0303. The highest BCUT2D eigenvalue weighted by Gasteiger charge is 2.47. The number of benzene rings is 11. The van der Waals surface area contributed by atoms with Crippen LogP contribution in [0.4, 0.5) is 17.1 Å². The zero-order chi connectivity index (χ0) is 44.8. The Morgan fingerprint density at radius 2 is 0.750 bits per heavy atom. The molecule has 0 aliphatic heterocycles. The Labute approximate surface area is 395 Å². The molecular weight excluding hydrogens is 823 g/mol. The smallest absolute Gasteiger partial charge is 0.137 e. The molecule has 0 bridgehead atoms. The third-order valence-corrected chi connectivity index (χ3v) is 15.0. The van der Waals surface area contributed by atoms with Crippen LogP contribution in [-0.2, 0) is 10.8 Å². The Morgan fingerprint density at radius 1 is 0.279 bits per heavy atom. The van der Waals surface area contributed by atoms with Crippen molar-refractivity contribution in [3.8, 4) is 22.3 Å². The van der Waals surface area contributed by atoms with Gasteiger partial charge in [-0.3, -0.25) is 0 Å². The zero-order valence-electron chi connectivity index (χ0n) is 37.2. The minimum Gasteiger partial charge on any atom is -0.456 e. The van der Waals surface area contributed by atoms with Crippen molar-refractivity contribution in [2.75, 3.05) is 4.90 Å². The highest BCUT2D eigenvalue weighted by atomic mass is 16.3. The molecule has 0 saturated carbocycles. The number of hydrogen-bond donors (Lipinski definition) is 0. The van der Waals surface area contributed by atoms with E-state index in [0.717, 1.165) is 39.0 Å². The molecular formula is C66H43NO. The molecule has 0 amide bonds. The van der Waals surface area contributed by atoms with Crippen molar-refractivity contribution in [2.24, 2.45) is 0 Å². The van der Waals surface area contributed by atoms with Crippen LogP contribution in [0.25, 0.3) is 55.0 Å². The summed E-state index contributed by atoms with van der Waals surface area (Å²) >= 11 is 0. The Hall–Kier alpha value is -8.72. The first-order chi connectivity index (χ1) is 33.7. The van der Waals surface area contributed by atoms with Crippen LogP contribution in [0.1, 0.15) is 44.5 Å². The van der Waals surface area contributed by atoms with Gasteiger partial charge in [0.25, 0.3) is 0 Å². The maximum Gasteiger partial charge on any atom is 0.137 e. The predicted molar refractivity (Wildman–Crippen MR) is 281 cm³/mol. The van der Waals surface area contributed by atoms with E-state index in [2.05, 4.69) is 260 Å². The van der Waals surface area contributed by atoms with Crippen molar-refractivity contribution < 1.29 is 4.42 Å². The van der Waals surface area contributed by atoms with Crippen LogP contribution >= 0.6 is 0 Å². The van der Waals surface area contributed by atoms with Crippen molar-refractivity contribution in [2.45, 2.75) is 10.8 Å². The monoisotopic (exact) mass is 865 g/mol. The van der Waals surface area contributed by atoms with Crippen molar-refractivity contribution in [3.05, 3.63) is 305 Å². The molecule has 0 fully saturated rings. The quantitative estimate of drug-likeness (QED) is 0.159. The second-order valence-corrected chi connectivity index (χ2v) is 18.3. The fourth-order valence-corrected chi connectivity index (χ4v) is 12.3. The molecule has 0 spiro atoms. The number of para-hydroxylation sites is 1. The number of fused-ring (bicyclic) bond motifs is 8. The minimum absolute atomic E-state index is 0.560. The summed E-state index contributed by atoms with van der Waals surface area (Å²) in [4.78, 5) is 2.45. The van der Waals surface area contributed by atoms with E-state index < -0.39 is 10.8 Å². The summed E-state index contributed by atoms with van der Waals surface area (Å²) in [5, 5.41) is 4.75. The number of nitrogens with zero attached hydrogens (tertiary/aromatic N) is 1. The molecule has 0 radical (unpaired) electrons. The van der Waals surface area contributed by atoms with Gasteiger partial charge in [-0.1, -0.05) is 212 Å². The molecule has 68 heavy (non-hydrogen) atoms. The summed E-state index contributed by atoms with van der Waals surface area (Å²) < 4.78 is 6.65. The first kappa shape index (κ1) is 38.5. The lowest BCUT2D eigenvalue weighted by molar-refractivity contribution is 0.669. The highest BCUT2D eigenvalue weighted by molar-refractivity contribution is 6.07. The van der Waals surface area contributed by atoms with Crippen molar-refractivity contribution >= 4 is 49.8 Å². The summed E-state index contributed by atoms with van der Waals surface area (Å²) in [6.07, 6.45) is 0. The molecule has 2 aliphatic carbocycles. The molecule has 318 valence electrons. The Bertz CT molecular complexity index is 3880. The minimum atomic E-state index is -0.633. The third kappa shape index (κ3) is 5.34. The molecule has 2 nitrogen and oxygen atoms in total. The Kier molecular flexibility index (Phi) is 8.45. The van der Waals surface area contributed by atoms with Gasteiger partial charge >= 0.3 is 0 Å². The predicted octanol–water partition coefficient (Wildman–Crippen LogP) is 16.9. The lowest BCUT2D eigenvalue weighted by Gasteiger charge is -2.42. The van der Waals surface area contributed by atoms with Gasteiger partial charge in [-0.2, -0.15) is 0 Å². The maximum atomic E-state index is 6.65.